The van der Waals surface area contributed by atoms with Gasteiger partial charge in [-0.25, -0.2) is 14.3 Å². The first kappa shape index (κ1) is 25.8. The van der Waals surface area contributed by atoms with E-state index in [2.05, 4.69) is 47.4 Å². The maximum atomic E-state index is 13.0. The molecule has 190 valence electrons. The highest BCUT2D eigenvalue weighted by molar-refractivity contribution is 8.00. The maximum absolute atomic E-state index is 13.0. The number of nitrogens with two attached hydrogens (primary N) is 1. The van der Waals surface area contributed by atoms with Crippen LogP contribution in [0.4, 0.5) is 5.13 Å². The number of aromatic nitrogens is 2. The van der Waals surface area contributed by atoms with Gasteiger partial charge in [-0.05, 0) is 0 Å². The molecular formula is C22H27N6O5S2Si+. The number of oxime groups is 1. The van der Waals surface area contributed by atoms with Crippen LogP contribution in [0.2, 0.25) is 19.6 Å². The Hall–Kier alpha value is -3.23. The van der Waals surface area contributed by atoms with Gasteiger partial charge in [0.15, 0.2) is 29.8 Å². The number of carbonyl (C=O) groups excluding carboxylic acids is 2. The zero-order valence-electron chi connectivity index (χ0n) is 20.2. The summed E-state index contributed by atoms with van der Waals surface area (Å²) in [5.74, 6) is -1.92. The molecule has 0 unspecified atom stereocenters. The van der Waals surface area contributed by atoms with Gasteiger partial charge >= 0.3 is 5.97 Å². The van der Waals surface area contributed by atoms with E-state index in [1.165, 1.54) is 29.0 Å². The summed E-state index contributed by atoms with van der Waals surface area (Å²) in [5, 5.41) is 18.9. The number of aliphatic carboxylic acids is 1. The lowest BCUT2D eigenvalue weighted by atomic mass is 10.0. The molecule has 1 fully saturated rings. The molecule has 2 aliphatic heterocycles. The van der Waals surface area contributed by atoms with Crippen molar-refractivity contribution in [3.63, 3.8) is 0 Å². The first-order valence-corrected chi connectivity index (χ1v) is 16.5. The second kappa shape index (κ2) is 10.0. The molecule has 0 radical (unpaired) electrons. The van der Waals surface area contributed by atoms with Gasteiger partial charge in [-0.1, -0.05) is 30.9 Å². The van der Waals surface area contributed by atoms with Crippen molar-refractivity contribution in [1.29, 1.82) is 0 Å². The molecule has 14 heteroatoms. The molecule has 36 heavy (non-hydrogen) atoms. The average Bonchev–Trinajstić information content (AvgIpc) is 3.25. The molecule has 11 nitrogen and oxygen atoms in total. The van der Waals surface area contributed by atoms with Crippen LogP contribution >= 0.6 is 23.1 Å². The number of β-lactam (4-membered cyclic amide) rings is 1. The minimum Gasteiger partial charge on any atom is -0.477 e. The van der Waals surface area contributed by atoms with Gasteiger partial charge in [-0.2, -0.15) is 0 Å². The third-order valence-corrected chi connectivity index (χ3v) is 9.84. The molecule has 2 aromatic heterocycles. The van der Waals surface area contributed by atoms with Crippen molar-refractivity contribution in [3.8, 4) is 0 Å². The molecule has 4 heterocycles. The quantitative estimate of drug-likeness (QED) is 0.141. The number of hydrogen-bond donors (Lipinski definition) is 3. The van der Waals surface area contributed by atoms with Gasteiger partial charge in [0.25, 0.3) is 11.8 Å². The van der Waals surface area contributed by atoms with Crippen LogP contribution in [0, 0.1) is 0 Å². The number of carboxylic acid groups (broad SMARTS) is 1. The Kier molecular flexibility index (Phi) is 7.20. The molecule has 2 atom stereocenters. The fourth-order valence-electron chi connectivity index (χ4n) is 3.99. The second-order valence-electron chi connectivity index (χ2n) is 9.33. The van der Waals surface area contributed by atoms with Gasteiger partial charge in [-0.15, -0.1) is 23.1 Å². The van der Waals surface area contributed by atoms with Crippen LogP contribution in [0.3, 0.4) is 0 Å². The van der Waals surface area contributed by atoms with Gasteiger partial charge in [0.05, 0.1) is 8.07 Å². The lowest BCUT2D eigenvalue weighted by Crippen LogP contribution is -2.71. The summed E-state index contributed by atoms with van der Waals surface area (Å²) in [6, 6.07) is 3.15. The molecule has 0 aliphatic carbocycles. The number of fused-ring (bicyclic) bond motifs is 1. The van der Waals surface area contributed by atoms with E-state index in [1.807, 2.05) is 16.8 Å². The molecule has 1 saturated heterocycles. The Morgan fingerprint density at radius 3 is 2.78 bits per heavy atom. The number of anilines is 1. The number of amides is 2. The monoisotopic (exact) mass is 547 g/mol. The normalized spacial score (nSPS) is 20.1. The van der Waals surface area contributed by atoms with Crippen molar-refractivity contribution in [1.82, 2.24) is 15.2 Å². The van der Waals surface area contributed by atoms with E-state index in [1.54, 1.807) is 5.38 Å². The number of carboxylic acids is 1. The average molecular weight is 548 g/mol. The highest BCUT2D eigenvalue weighted by Gasteiger charge is 2.54. The lowest BCUT2D eigenvalue weighted by Gasteiger charge is -2.49. The van der Waals surface area contributed by atoms with Crippen molar-refractivity contribution < 1.29 is 28.9 Å². The standard InChI is InChI=1S/C22H26N6O5S2Si/c1-33-26-15(14-11-35-22(23)24-14)18(29)25-16-19(30)28-17(21(31)32)12(10-34-20(16)28)8-27-7-5-6-13(9-27)36(2,3)4/h5-7,9,11,16,20H,8,10H2,1-4H3,(H3-,23,24,25,29,31,32)/p+1/b26-15-/t16-,20-/m0/s1. The minimum absolute atomic E-state index is 0.0294. The van der Waals surface area contributed by atoms with Gasteiger partial charge in [0, 0.05) is 28.0 Å². The molecule has 2 aromatic rings. The van der Waals surface area contributed by atoms with Crippen LogP contribution < -0.4 is 20.8 Å². The summed E-state index contributed by atoms with van der Waals surface area (Å²) in [4.78, 5) is 48.2. The zero-order chi connectivity index (χ0) is 26.2. The van der Waals surface area contributed by atoms with Gasteiger partial charge in [-0.3, -0.25) is 14.5 Å². The van der Waals surface area contributed by atoms with Crippen molar-refractivity contribution in [2.45, 2.75) is 37.6 Å². The summed E-state index contributed by atoms with van der Waals surface area (Å²) in [5.41, 5.74) is 6.37. The molecule has 0 spiro atoms. The highest BCUT2D eigenvalue weighted by atomic mass is 32.2. The fraction of sp³-hybridized carbons (Fsp3) is 0.364. The van der Waals surface area contributed by atoms with E-state index in [9.17, 15) is 19.5 Å². The Bertz CT molecular complexity index is 1290. The van der Waals surface area contributed by atoms with Gasteiger partial charge in [0.1, 0.15) is 29.9 Å². The van der Waals surface area contributed by atoms with E-state index in [-0.39, 0.29) is 22.2 Å². The van der Waals surface area contributed by atoms with E-state index < -0.39 is 37.3 Å². The third-order valence-electron chi connectivity index (χ3n) is 5.80. The number of rotatable bonds is 8. The van der Waals surface area contributed by atoms with Crippen molar-refractivity contribution in [3.05, 3.63) is 46.9 Å². The summed E-state index contributed by atoms with van der Waals surface area (Å²) in [6.07, 6.45) is 3.95. The van der Waals surface area contributed by atoms with E-state index >= 15 is 0 Å². The largest absolute Gasteiger partial charge is 0.477 e. The van der Waals surface area contributed by atoms with Gasteiger partial charge < -0.3 is 21.0 Å². The summed E-state index contributed by atoms with van der Waals surface area (Å²) in [7, 11) is -0.259. The Labute approximate surface area is 217 Å². The van der Waals surface area contributed by atoms with Crippen LogP contribution in [-0.2, 0) is 25.8 Å². The summed E-state index contributed by atoms with van der Waals surface area (Å²) >= 11 is 2.55. The number of thiazole rings is 1. The van der Waals surface area contributed by atoms with E-state index in [4.69, 9.17) is 10.6 Å². The molecule has 4 rings (SSSR count). The predicted molar refractivity (Wildman–Crippen MR) is 139 cm³/mol. The number of carbonyl (C=O) groups is 3. The number of nitrogen functional groups attached to an aromatic ring is 1. The Balaban J connectivity index is 1.54. The fourth-order valence-corrected chi connectivity index (χ4v) is 7.02. The van der Waals surface area contributed by atoms with E-state index in [0.29, 0.717) is 17.9 Å². The Morgan fingerprint density at radius 1 is 1.42 bits per heavy atom. The summed E-state index contributed by atoms with van der Waals surface area (Å²) < 4.78 is 1.96. The van der Waals surface area contributed by atoms with Crippen molar-refractivity contribution in [2.24, 2.45) is 5.16 Å². The first-order chi connectivity index (χ1) is 17.0. The molecule has 2 amide bonds. The van der Waals surface area contributed by atoms with Crippen LogP contribution in [0.15, 0.2) is 46.3 Å². The van der Waals surface area contributed by atoms with E-state index in [0.717, 1.165) is 11.3 Å². The maximum Gasteiger partial charge on any atom is 0.352 e. The van der Waals surface area contributed by atoms with Crippen LogP contribution in [0.25, 0.3) is 0 Å². The molecule has 4 N–H and O–H groups in total. The molecule has 0 aromatic carbocycles. The highest BCUT2D eigenvalue weighted by Crippen LogP contribution is 2.40. The Morgan fingerprint density at radius 2 is 2.17 bits per heavy atom. The number of pyridine rings is 1. The molecule has 0 saturated carbocycles. The molecule has 2 aliphatic rings. The van der Waals surface area contributed by atoms with Crippen LogP contribution in [0.1, 0.15) is 5.69 Å². The first-order valence-electron chi connectivity index (χ1n) is 11.0. The predicted octanol–water partition coefficient (Wildman–Crippen LogP) is 0.347. The third kappa shape index (κ3) is 5.01. The number of thioether (sulfide) groups is 1. The SMILES string of the molecule is CO/N=C(\C(=O)N[C@H]1C(=O)N2C(C(=O)O)=C(C[n+]3cccc([Si](C)(C)C)c3)CS[C@@H]12)c1csc(N)n1. The van der Waals surface area contributed by atoms with Crippen LogP contribution in [0.5, 0.6) is 0 Å². The number of hydrogen-bond acceptors (Lipinski definition) is 9. The number of nitrogens with one attached hydrogen (secondary N) is 1. The zero-order valence-corrected chi connectivity index (χ0v) is 22.9. The smallest absolute Gasteiger partial charge is 0.352 e. The lowest BCUT2D eigenvalue weighted by molar-refractivity contribution is -0.688. The van der Waals surface area contributed by atoms with Crippen LogP contribution in [-0.4, -0.2) is 70.8 Å². The number of nitrogens with zero attached hydrogens (tertiary/aromatic N) is 4. The van der Waals surface area contributed by atoms with Crippen molar-refractivity contribution in [2.75, 3.05) is 18.6 Å². The van der Waals surface area contributed by atoms with Crippen molar-refractivity contribution >= 4 is 65.0 Å². The minimum atomic E-state index is -1.55. The summed E-state index contributed by atoms with van der Waals surface area (Å²) in [6.45, 7) is 7.09. The van der Waals surface area contributed by atoms with Gasteiger partial charge in [0.2, 0.25) is 0 Å². The molecule has 0 bridgehead atoms. The topological polar surface area (TPSA) is 151 Å². The second-order valence-corrected chi connectivity index (χ2v) is 16.4. The molecular weight excluding hydrogens is 520 g/mol.